The van der Waals surface area contributed by atoms with Gasteiger partial charge in [0.05, 0.1) is 36.7 Å². The number of methoxy groups -OCH3 is 1. The molecule has 11 heteroatoms. The summed E-state index contributed by atoms with van der Waals surface area (Å²) in [7, 11) is -2.55. The van der Waals surface area contributed by atoms with Crippen molar-refractivity contribution >= 4 is 44.9 Å². The molecule has 8 nitrogen and oxygen atoms in total. The van der Waals surface area contributed by atoms with Gasteiger partial charge in [-0.3, -0.25) is 9.59 Å². The van der Waals surface area contributed by atoms with Gasteiger partial charge in [0.15, 0.2) is 9.84 Å². The number of sulfone groups is 1. The molecule has 1 aliphatic heterocycles. The number of rotatable bonds is 10. The van der Waals surface area contributed by atoms with E-state index >= 15 is 0 Å². The largest absolute Gasteiger partial charge is 0.469 e. The summed E-state index contributed by atoms with van der Waals surface area (Å²) >= 11 is 12.5. The van der Waals surface area contributed by atoms with Crippen LogP contribution in [0.5, 0.6) is 0 Å². The zero-order valence-electron chi connectivity index (χ0n) is 22.0. The molecular formula is C28H33Cl2NO7S. The third kappa shape index (κ3) is 7.52. The average Bonchev–Trinajstić information content (AvgIpc) is 3.68. The van der Waals surface area contributed by atoms with E-state index in [4.69, 9.17) is 32.7 Å². The fraction of sp³-hybridized carbons (Fsp3) is 0.500. The molecule has 2 aromatic carbocycles. The molecule has 1 amide bonds. The summed E-state index contributed by atoms with van der Waals surface area (Å²) in [6.07, 6.45) is -0.781. The number of nitrogens with zero attached hydrogens (tertiary/aromatic N) is 1. The van der Waals surface area contributed by atoms with Crippen LogP contribution in [0, 0.1) is 5.92 Å². The lowest BCUT2D eigenvalue weighted by Crippen LogP contribution is -2.57. The van der Waals surface area contributed by atoms with Crippen LogP contribution in [-0.4, -0.2) is 66.7 Å². The molecule has 1 N–H and O–H groups in total. The SMILES string of the molecule is COC(=O)C[C@@H]1O[C@H](c2cccc(Cl)c2)[C@@H](c2ccc(Cl)cc2)N([C@H](CS(=O)(=O)CC(C)(C)O)C2CC2)C1=O. The van der Waals surface area contributed by atoms with E-state index in [1.807, 2.05) is 6.07 Å². The number of carbonyl (C=O) groups excluding carboxylic acids is 2. The van der Waals surface area contributed by atoms with Gasteiger partial charge in [0.2, 0.25) is 0 Å². The minimum absolute atomic E-state index is 0.0581. The third-order valence-corrected chi connectivity index (χ3v) is 9.40. The molecule has 0 unspecified atom stereocenters. The van der Waals surface area contributed by atoms with Gasteiger partial charge in [0, 0.05) is 16.1 Å². The Labute approximate surface area is 239 Å². The summed E-state index contributed by atoms with van der Waals surface area (Å²) < 4.78 is 37.7. The van der Waals surface area contributed by atoms with Gasteiger partial charge in [0.1, 0.15) is 12.2 Å². The summed E-state index contributed by atoms with van der Waals surface area (Å²) in [4.78, 5) is 28.0. The zero-order chi connectivity index (χ0) is 28.5. The quantitative estimate of drug-likeness (QED) is 0.400. The molecule has 4 rings (SSSR count). The Kier molecular flexibility index (Phi) is 8.98. The highest BCUT2D eigenvalue weighted by Gasteiger charge is 2.51. The van der Waals surface area contributed by atoms with E-state index in [2.05, 4.69) is 0 Å². The lowest BCUT2D eigenvalue weighted by atomic mass is 9.89. The number of amides is 1. The first kappa shape index (κ1) is 29.8. The lowest BCUT2D eigenvalue weighted by Gasteiger charge is -2.48. The van der Waals surface area contributed by atoms with Gasteiger partial charge < -0.3 is 19.5 Å². The number of benzene rings is 2. The number of halogens is 2. The standard InChI is InChI=1S/C28H33Cl2NO7S/c1-28(2,34)16-39(35,36)15-22(17-7-8-17)31-25(18-9-11-20(29)12-10-18)26(19-5-4-6-21(30)13-19)38-23(27(31)33)14-24(32)37-3/h4-6,9-13,17,22-23,25-26,34H,7-8,14-16H2,1-3H3/t22-,23+,25-,26-/m1/s1. The maximum absolute atomic E-state index is 14.1. The van der Waals surface area contributed by atoms with Gasteiger partial charge >= 0.3 is 5.97 Å². The number of ether oxygens (including phenoxy) is 2. The highest BCUT2D eigenvalue weighted by atomic mass is 35.5. The molecule has 1 saturated carbocycles. The Balaban J connectivity index is 1.86. The van der Waals surface area contributed by atoms with Crippen LogP contribution in [0.25, 0.3) is 0 Å². The van der Waals surface area contributed by atoms with Crippen molar-refractivity contribution in [3.05, 3.63) is 69.7 Å². The first-order chi connectivity index (χ1) is 18.3. The van der Waals surface area contributed by atoms with Crippen molar-refractivity contribution in [1.29, 1.82) is 0 Å². The van der Waals surface area contributed by atoms with Gasteiger partial charge in [0.25, 0.3) is 5.91 Å². The van der Waals surface area contributed by atoms with Gasteiger partial charge in [-0.1, -0.05) is 47.5 Å². The van der Waals surface area contributed by atoms with Crippen LogP contribution >= 0.6 is 23.2 Å². The second-order valence-corrected chi connectivity index (χ2v) is 13.9. The van der Waals surface area contributed by atoms with Gasteiger partial charge in [-0.25, -0.2) is 8.42 Å². The first-order valence-corrected chi connectivity index (χ1v) is 15.3. The summed E-state index contributed by atoms with van der Waals surface area (Å²) in [5, 5.41) is 11.2. The first-order valence-electron chi connectivity index (χ1n) is 12.8. The topological polar surface area (TPSA) is 110 Å². The van der Waals surface area contributed by atoms with E-state index in [0.29, 0.717) is 21.2 Å². The predicted molar refractivity (Wildman–Crippen MR) is 148 cm³/mol. The van der Waals surface area contributed by atoms with E-state index in [1.54, 1.807) is 47.4 Å². The number of carbonyl (C=O) groups is 2. The van der Waals surface area contributed by atoms with E-state index in [1.165, 1.54) is 21.0 Å². The average molecular weight is 599 g/mol. The van der Waals surface area contributed by atoms with Crippen molar-refractivity contribution in [1.82, 2.24) is 4.90 Å². The molecule has 0 aromatic heterocycles. The Bertz CT molecular complexity index is 1310. The lowest BCUT2D eigenvalue weighted by molar-refractivity contribution is -0.183. The van der Waals surface area contributed by atoms with Crippen LogP contribution < -0.4 is 0 Å². The van der Waals surface area contributed by atoms with E-state index < -0.39 is 57.4 Å². The highest BCUT2D eigenvalue weighted by Crippen LogP contribution is 2.48. The number of morpholine rings is 1. The fourth-order valence-electron chi connectivity index (χ4n) is 5.22. The molecule has 2 fully saturated rings. The van der Waals surface area contributed by atoms with Crippen LogP contribution in [0.2, 0.25) is 10.0 Å². The van der Waals surface area contributed by atoms with Crippen molar-refractivity contribution in [3.8, 4) is 0 Å². The van der Waals surface area contributed by atoms with Crippen molar-refractivity contribution in [2.24, 2.45) is 5.92 Å². The van der Waals surface area contributed by atoms with Crippen LogP contribution in [0.3, 0.4) is 0 Å². The van der Waals surface area contributed by atoms with Gasteiger partial charge in [-0.15, -0.1) is 0 Å². The van der Waals surface area contributed by atoms with Crippen molar-refractivity contribution in [2.75, 3.05) is 18.6 Å². The minimum atomic E-state index is -3.78. The molecule has 0 spiro atoms. The summed E-state index contributed by atoms with van der Waals surface area (Å²) in [6.45, 7) is 2.88. The van der Waals surface area contributed by atoms with Gasteiger partial charge in [-0.2, -0.15) is 0 Å². The third-order valence-electron chi connectivity index (χ3n) is 6.92. The highest BCUT2D eigenvalue weighted by molar-refractivity contribution is 7.91. The predicted octanol–water partition coefficient (Wildman–Crippen LogP) is 4.53. The molecule has 1 heterocycles. The smallest absolute Gasteiger partial charge is 0.308 e. The normalized spacial score (nSPS) is 23.0. The Hall–Kier alpha value is -2.17. The Morgan fingerprint density at radius 1 is 1.13 bits per heavy atom. The van der Waals surface area contributed by atoms with Crippen LogP contribution in [-0.2, 0) is 28.9 Å². The Morgan fingerprint density at radius 3 is 2.36 bits per heavy atom. The van der Waals surface area contributed by atoms with E-state index in [9.17, 15) is 23.1 Å². The van der Waals surface area contributed by atoms with Crippen molar-refractivity contribution < 1.29 is 32.6 Å². The summed E-state index contributed by atoms with van der Waals surface area (Å²) in [5.74, 6) is -1.95. The number of esters is 1. The maximum atomic E-state index is 14.1. The number of aliphatic hydroxyl groups is 1. The second kappa shape index (κ2) is 11.7. The van der Waals surface area contributed by atoms with Gasteiger partial charge in [-0.05, 0) is 68.0 Å². The summed E-state index contributed by atoms with van der Waals surface area (Å²) in [6, 6.07) is 12.6. The molecule has 2 aliphatic rings. The van der Waals surface area contributed by atoms with Crippen LogP contribution in [0.15, 0.2) is 48.5 Å². The van der Waals surface area contributed by atoms with Crippen molar-refractivity contribution in [3.63, 3.8) is 0 Å². The van der Waals surface area contributed by atoms with Crippen LogP contribution in [0.4, 0.5) is 0 Å². The van der Waals surface area contributed by atoms with E-state index in [0.717, 1.165) is 12.8 Å². The molecule has 0 radical (unpaired) electrons. The maximum Gasteiger partial charge on any atom is 0.308 e. The molecule has 1 saturated heterocycles. The molecule has 2 aromatic rings. The molecule has 39 heavy (non-hydrogen) atoms. The fourth-order valence-corrected chi connectivity index (χ4v) is 7.69. The molecule has 1 aliphatic carbocycles. The molecular weight excluding hydrogens is 565 g/mol. The van der Waals surface area contributed by atoms with Crippen molar-refractivity contribution in [2.45, 2.75) is 63.0 Å². The second-order valence-electron chi connectivity index (χ2n) is 10.9. The molecule has 4 atom stereocenters. The molecule has 212 valence electrons. The Morgan fingerprint density at radius 2 is 1.79 bits per heavy atom. The minimum Gasteiger partial charge on any atom is -0.469 e. The monoisotopic (exact) mass is 597 g/mol. The van der Waals surface area contributed by atoms with E-state index in [-0.39, 0.29) is 18.1 Å². The summed E-state index contributed by atoms with van der Waals surface area (Å²) in [5.41, 5.74) is -0.0719. The number of hydrogen-bond acceptors (Lipinski definition) is 7. The zero-order valence-corrected chi connectivity index (χ0v) is 24.4. The number of hydrogen-bond donors (Lipinski definition) is 1. The van der Waals surface area contributed by atoms with Crippen LogP contribution in [0.1, 0.15) is 56.4 Å². The molecule has 0 bridgehead atoms.